The van der Waals surface area contributed by atoms with Crippen molar-refractivity contribution in [3.63, 3.8) is 0 Å². The Hall–Kier alpha value is -4.04. The lowest BCUT2D eigenvalue weighted by Gasteiger charge is -2.13. The summed E-state index contributed by atoms with van der Waals surface area (Å²) < 4.78 is 5.07. The van der Waals surface area contributed by atoms with Gasteiger partial charge in [0, 0.05) is 6.61 Å². The van der Waals surface area contributed by atoms with E-state index in [1.807, 2.05) is 0 Å². The Balaban J connectivity index is -0.000000306. The summed E-state index contributed by atoms with van der Waals surface area (Å²) >= 11 is 0. The highest BCUT2D eigenvalue weighted by Crippen LogP contribution is 2.12. The van der Waals surface area contributed by atoms with Crippen LogP contribution in [0.1, 0.15) is 139 Å². The Kier molecular flexibility index (Phi) is 42.8. The fourth-order valence-electron chi connectivity index (χ4n) is 3.89. The van der Waals surface area contributed by atoms with Crippen LogP contribution >= 0.6 is 0 Å². The van der Waals surface area contributed by atoms with Crippen LogP contribution in [0.5, 0.6) is 0 Å². The van der Waals surface area contributed by atoms with Gasteiger partial charge in [0.05, 0.1) is 19.8 Å². The fourth-order valence-corrected chi connectivity index (χ4v) is 3.89. The highest BCUT2D eigenvalue weighted by molar-refractivity contribution is 4.56. The summed E-state index contributed by atoms with van der Waals surface area (Å²) in [6.45, 7) is 18.0. The predicted molar refractivity (Wildman–Crippen MR) is 194 cm³/mol. The molecule has 0 spiro atoms. The van der Waals surface area contributed by atoms with Gasteiger partial charge in [-0.25, -0.2) is 0 Å². The fraction of sp³-hybridized carbons (Fsp3) is 1.00. The number of unbranched alkanes of at least 4 members (excludes halogenated alkanes) is 5. The molecule has 53 heavy (non-hydrogen) atoms. The van der Waals surface area contributed by atoms with Crippen LogP contribution < -0.4 is 0 Å². The summed E-state index contributed by atoms with van der Waals surface area (Å²) in [4.78, 5) is 70.0. The molecule has 1 atom stereocenters. The van der Waals surface area contributed by atoms with Gasteiger partial charge in [-0.15, -0.1) is 50.6 Å². The van der Waals surface area contributed by atoms with Gasteiger partial charge >= 0.3 is 0 Å². The smallest absolute Gasteiger partial charge is 0.294 e. The van der Waals surface area contributed by atoms with Crippen molar-refractivity contribution >= 4 is 0 Å². The summed E-state index contributed by atoms with van der Waals surface area (Å²) in [5, 5.41) is 45.0. The summed E-state index contributed by atoms with van der Waals surface area (Å²) in [6.07, 6.45) is 11.5. The highest BCUT2D eigenvalue weighted by Gasteiger charge is 2.15. The van der Waals surface area contributed by atoms with Crippen molar-refractivity contribution in [1.29, 1.82) is 0 Å². The minimum absolute atomic E-state index is 0.0189. The van der Waals surface area contributed by atoms with Gasteiger partial charge < -0.3 is 28.9 Å². The van der Waals surface area contributed by atoms with Crippen molar-refractivity contribution < 1.29 is 54.4 Å². The molecular formula is C32H67N5O16. The number of ether oxygens (including phenoxy) is 1. The van der Waals surface area contributed by atoms with E-state index in [-0.39, 0.29) is 26.4 Å². The third kappa shape index (κ3) is 66.7. The van der Waals surface area contributed by atoms with E-state index in [1.165, 1.54) is 12.8 Å². The van der Waals surface area contributed by atoms with Crippen molar-refractivity contribution in [1.82, 2.24) is 0 Å². The van der Waals surface area contributed by atoms with Gasteiger partial charge in [-0.3, -0.25) is 0 Å². The molecule has 0 amide bonds. The molecule has 0 aliphatic carbocycles. The predicted octanol–water partition coefficient (Wildman–Crippen LogP) is 8.07. The first-order valence-electron chi connectivity index (χ1n) is 18.3. The molecule has 0 bridgehead atoms. The molecule has 0 aromatic carbocycles. The average molecular weight is 778 g/mol. The number of rotatable bonds is 31. The van der Waals surface area contributed by atoms with Crippen LogP contribution in [-0.2, 0) is 28.9 Å². The van der Waals surface area contributed by atoms with Gasteiger partial charge in [-0.1, -0.05) is 113 Å². The lowest BCUT2D eigenvalue weighted by atomic mass is 10.0. The van der Waals surface area contributed by atoms with Gasteiger partial charge in [-0.2, -0.15) is 0 Å². The van der Waals surface area contributed by atoms with Gasteiger partial charge in [-0.05, 0) is 49.4 Å². The molecule has 0 fully saturated rings. The Morgan fingerprint density at radius 3 is 1.15 bits per heavy atom. The van der Waals surface area contributed by atoms with E-state index in [4.69, 9.17) is 4.74 Å². The zero-order valence-corrected chi connectivity index (χ0v) is 33.1. The minimum Gasteiger partial charge on any atom is -0.379 e. The minimum atomic E-state index is -0.982. The maximum absolute atomic E-state index is 10.2. The summed E-state index contributed by atoms with van der Waals surface area (Å²) in [6, 6.07) is 0. The monoisotopic (exact) mass is 777 g/mol. The average Bonchev–Trinajstić information content (AvgIpc) is 3.02. The first kappa shape index (κ1) is 55.7. The van der Waals surface area contributed by atoms with E-state index < -0.39 is 38.1 Å². The first-order valence-corrected chi connectivity index (χ1v) is 18.3. The zero-order valence-electron chi connectivity index (χ0n) is 33.1. The third-order valence-electron chi connectivity index (χ3n) is 6.67. The maximum atomic E-state index is 10.2. The van der Waals surface area contributed by atoms with Crippen LogP contribution in [-0.4, -0.2) is 71.2 Å². The molecule has 0 heterocycles. The van der Waals surface area contributed by atoms with Crippen LogP contribution in [0.15, 0.2) is 0 Å². The molecule has 0 aliphatic rings. The van der Waals surface area contributed by atoms with Crippen molar-refractivity contribution in [3.05, 3.63) is 50.6 Å². The molecule has 0 saturated carbocycles. The normalized spacial score (nSPS) is 10.9. The van der Waals surface area contributed by atoms with Crippen LogP contribution in [0, 0.1) is 74.2 Å². The van der Waals surface area contributed by atoms with Gasteiger partial charge in [0.15, 0.2) is 0 Å². The second-order valence-electron chi connectivity index (χ2n) is 13.6. The van der Waals surface area contributed by atoms with Crippen LogP contribution in [0.4, 0.5) is 0 Å². The van der Waals surface area contributed by atoms with E-state index in [1.54, 1.807) is 0 Å². The Bertz CT molecular complexity index is 898. The SMILES string of the molecule is CC(C)CCCCC(CO[N+](=O)[O-])O[N+](=O)[O-].CC(C)CCCCCCO[N+](=O)[O-].CC(C)CCCCO[N+](=O)[O-].CC(C)CCOCCO[N+](=O)[O-]. The first-order chi connectivity index (χ1) is 24.8. The summed E-state index contributed by atoms with van der Waals surface area (Å²) in [7, 11) is 0. The van der Waals surface area contributed by atoms with Crippen molar-refractivity contribution in [2.24, 2.45) is 23.7 Å². The van der Waals surface area contributed by atoms with Crippen LogP contribution in [0.2, 0.25) is 0 Å². The number of nitrogens with zero attached hydrogens (tertiary/aromatic N) is 5. The van der Waals surface area contributed by atoms with Crippen LogP contribution in [0.25, 0.3) is 0 Å². The Morgan fingerprint density at radius 1 is 0.377 bits per heavy atom. The molecule has 316 valence electrons. The van der Waals surface area contributed by atoms with Crippen molar-refractivity contribution in [3.8, 4) is 0 Å². The molecule has 1 unspecified atom stereocenters. The molecule has 0 aromatic heterocycles. The molecule has 0 aromatic rings. The zero-order chi connectivity index (χ0) is 41.5. The molecular weight excluding hydrogens is 710 g/mol. The molecule has 0 saturated heterocycles. The van der Waals surface area contributed by atoms with E-state index in [0.717, 1.165) is 70.1 Å². The van der Waals surface area contributed by atoms with Crippen LogP contribution in [0.3, 0.4) is 0 Å². The molecule has 0 radical (unpaired) electrons. The van der Waals surface area contributed by atoms with Gasteiger partial charge in [0.25, 0.3) is 25.4 Å². The largest absolute Gasteiger partial charge is 0.379 e. The molecule has 21 nitrogen and oxygen atoms in total. The summed E-state index contributed by atoms with van der Waals surface area (Å²) in [5.74, 6) is 2.60. The van der Waals surface area contributed by atoms with E-state index in [0.29, 0.717) is 30.8 Å². The summed E-state index contributed by atoms with van der Waals surface area (Å²) in [5.41, 5.74) is 0. The molecule has 21 heteroatoms. The maximum Gasteiger partial charge on any atom is 0.294 e. The van der Waals surface area contributed by atoms with E-state index in [9.17, 15) is 50.6 Å². The second-order valence-corrected chi connectivity index (χ2v) is 13.6. The van der Waals surface area contributed by atoms with Gasteiger partial charge in [0.2, 0.25) is 0 Å². The topological polar surface area (TPSA) is 271 Å². The molecule has 0 aliphatic heterocycles. The van der Waals surface area contributed by atoms with Crippen molar-refractivity contribution in [2.75, 3.05) is 39.6 Å². The van der Waals surface area contributed by atoms with E-state index >= 15 is 0 Å². The quantitative estimate of drug-likeness (QED) is 0.0365. The highest BCUT2D eigenvalue weighted by atomic mass is 17.0. The lowest BCUT2D eigenvalue weighted by molar-refractivity contribution is -0.790. The third-order valence-corrected chi connectivity index (χ3v) is 6.67. The van der Waals surface area contributed by atoms with E-state index in [2.05, 4.69) is 79.6 Å². The molecule has 0 rings (SSSR count). The standard InChI is InChI=1S/C9H18N2O6.C9H19NO3.C7H15NO4.C7H15NO3/c1-8(2)5-3-4-6-9(17-11(14)15)7-16-10(12)13;1-9(2)7-5-3-4-6-8-13-10(11)12;1-7(2)3-4-11-5-6-12-8(9)10;1-7(2)5-3-4-6-11-8(9)10/h8-9H,3-7H2,1-2H3;9H,3-8H2,1-2H3;7H,3-6H2,1-2H3;7H,3-6H2,1-2H3. The molecule has 0 N–H and O–H groups in total. The Labute approximate surface area is 313 Å². The number of hydrogen-bond donors (Lipinski definition) is 0. The van der Waals surface area contributed by atoms with Crippen molar-refractivity contribution in [2.45, 2.75) is 145 Å². The Morgan fingerprint density at radius 2 is 0.736 bits per heavy atom. The second kappa shape index (κ2) is 40.7. The van der Waals surface area contributed by atoms with Gasteiger partial charge in [0.1, 0.15) is 19.3 Å². The number of hydrogen-bond acceptors (Lipinski definition) is 16. The lowest BCUT2D eigenvalue weighted by Crippen LogP contribution is -2.24.